The number of nitrogens with zero attached hydrogens (tertiary/aromatic N) is 3. The first kappa shape index (κ1) is 17.2. The van der Waals surface area contributed by atoms with Gasteiger partial charge in [0.05, 0.1) is 11.4 Å². The van der Waals surface area contributed by atoms with E-state index in [1.54, 1.807) is 0 Å². The van der Waals surface area contributed by atoms with E-state index in [9.17, 15) is 23.2 Å². The first-order valence-electron chi connectivity index (χ1n) is 7.40. The van der Waals surface area contributed by atoms with Gasteiger partial charge in [-0.3, -0.25) is 14.2 Å². The Hall–Kier alpha value is -3.62. The molecule has 1 N–H and O–H groups in total. The lowest BCUT2D eigenvalue weighted by atomic mass is 10.3. The zero-order valence-corrected chi connectivity index (χ0v) is 13.4. The van der Waals surface area contributed by atoms with Crippen molar-refractivity contribution in [1.29, 1.82) is 0 Å². The zero-order valence-electron chi connectivity index (χ0n) is 13.4. The Bertz CT molecular complexity index is 1100. The van der Waals surface area contributed by atoms with Gasteiger partial charge in [0.2, 0.25) is 5.69 Å². The molecule has 26 heavy (non-hydrogen) atoms. The molecule has 0 saturated heterocycles. The molecule has 0 atom stereocenters. The third kappa shape index (κ3) is 3.14. The van der Waals surface area contributed by atoms with Crippen molar-refractivity contribution < 1.29 is 13.6 Å². The monoisotopic (exact) mass is 358 g/mol. The number of para-hydroxylation sites is 1. The minimum Gasteiger partial charge on any atom is -0.318 e. The van der Waals surface area contributed by atoms with Crippen LogP contribution in [0.4, 0.5) is 14.5 Å². The zero-order chi connectivity index (χ0) is 18.8. The van der Waals surface area contributed by atoms with Gasteiger partial charge in [0.25, 0.3) is 11.5 Å². The van der Waals surface area contributed by atoms with Gasteiger partial charge < -0.3 is 5.32 Å². The average molecular weight is 358 g/mol. The molecular weight excluding hydrogens is 346 g/mol. The minimum absolute atomic E-state index is 0.138. The predicted molar refractivity (Wildman–Crippen MR) is 89.4 cm³/mol. The fraction of sp³-hybridized carbons (Fsp3) is 0.0588. The SMILES string of the molecule is Cn1c(=O)c(C(=O)Nc2ccccc2F)nn(-c2ccc(F)cc2)c1=O. The topological polar surface area (TPSA) is 86.0 Å². The second-order valence-corrected chi connectivity index (χ2v) is 5.32. The van der Waals surface area contributed by atoms with E-state index < -0.39 is 34.5 Å². The Morgan fingerprint density at radius 3 is 2.35 bits per heavy atom. The van der Waals surface area contributed by atoms with Gasteiger partial charge in [-0.2, -0.15) is 9.78 Å². The van der Waals surface area contributed by atoms with Crippen LogP contribution in [0.5, 0.6) is 0 Å². The van der Waals surface area contributed by atoms with Crippen molar-refractivity contribution in [3.63, 3.8) is 0 Å². The maximum atomic E-state index is 13.7. The van der Waals surface area contributed by atoms with E-state index in [0.717, 1.165) is 22.9 Å². The summed E-state index contributed by atoms with van der Waals surface area (Å²) in [7, 11) is 1.17. The van der Waals surface area contributed by atoms with E-state index in [1.807, 2.05) is 0 Å². The van der Waals surface area contributed by atoms with Gasteiger partial charge in [-0.15, -0.1) is 0 Å². The molecule has 0 spiro atoms. The van der Waals surface area contributed by atoms with Crippen molar-refractivity contribution in [3.8, 4) is 5.69 Å². The number of carbonyl (C=O) groups excluding carboxylic acids is 1. The highest BCUT2D eigenvalue weighted by atomic mass is 19.1. The third-order valence-corrected chi connectivity index (χ3v) is 3.58. The number of nitrogens with one attached hydrogen (secondary N) is 1. The highest BCUT2D eigenvalue weighted by molar-refractivity contribution is 6.02. The number of rotatable bonds is 3. The van der Waals surface area contributed by atoms with E-state index in [4.69, 9.17) is 0 Å². The molecule has 0 fully saturated rings. The largest absolute Gasteiger partial charge is 0.351 e. The van der Waals surface area contributed by atoms with Crippen molar-refractivity contribution in [2.75, 3.05) is 5.32 Å². The summed E-state index contributed by atoms with van der Waals surface area (Å²) in [6, 6.07) is 10.1. The van der Waals surface area contributed by atoms with Crippen molar-refractivity contribution in [2.45, 2.75) is 0 Å². The molecule has 0 radical (unpaired) electrons. The smallest absolute Gasteiger partial charge is 0.318 e. The fourth-order valence-corrected chi connectivity index (χ4v) is 2.21. The molecule has 3 rings (SSSR count). The van der Waals surface area contributed by atoms with Crippen LogP contribution in [0.2, 0.25) is 0 Å². The van der Waals surface area contributed by atoms with Gasteiger partial charge in [0, 0.05) is 7.05 Å². The molecule has 7 nitrogen and oxygen atoms in total. The molecular formula is C17H12F2N4O3. The molecule has 0 aliphatic carbocycles. The highest BCUT2D eigenvalue weighted by Gasteiger charge is 2.19. The van der Waals surface area contributed by atoms with Crippen molar-refractivity contribution in [3.05, 3.63) is 86.7 Å². The lowest BCUT2D eigenvalue weighted by Gasteiger charge is -2.10. The van der Waals surface area contributed by atoms with Crippen molar-refractivity contribution in [2.24, 2.45) is 7.05 Å². The highest BCUT2D eigenvalue weighted by Crippen LogP contribution is 2.13. The first-order valence-corrected chi connectivity index (χ1v) is 7.40. The van der Waals surface area contributed by atoms with Gasteiger partial charge in [-0.05, 0) is 36.4 Å². The van der Waals surface area contributed by atoms with Crippen molar-refractivity contribution in [1.82, 2.24) is 14.3 Å². The molecule has 0 unspecified atom stereocenters. The van der Waals surface area contributed by atoms with E-state index in [0.29, 0.717) is 4.57 Å². The summed E-state index contributed by atoms with van der Waals surface area (Å²) in [5, 5.41) is 6.01. The molecule has 0 saturated carbocycles. The molecule has 1 heterocycles. The quantitative estimate of drug-likeness (QED) is 0.768. The number of hydrogen-bond acceptors (Lipinski definition) is 4. The summed E-state index contributed by atoms with van der Waals surface area (Å²) < 4.78 is 28.2. The van der Waals surface area contributed by atoms with Gasteiger partial charge in [0.1, 0.15) is 11.6 Å². The molecule has 9 heteroatoms. The number of hydrogen-bond donors (Lipinski definition) is 1. The van der Waals surface area contributed by atoms with Crippen LogP contribution < -0.4 is 16.6 Å². The fourth-order valence-electron chi connectivity index (χ4n) is 2.21. The lowest BCUT2D eigenvalue weighted by Crippen LogP contribution is -2.43. The molecule has 0 aliphatic rings. The van der Waals surface area contributed by atoms with Gasteiger partial charge in [-0.1, -0.05) is 12.1 Å². The van der Waals surface area contributed by atoms with Gasteiger partial charge in [0.15, 0.2) is 0 Å². The molecule has 1 aromatic heterocycles. The Labute approximate surface area is 145 Å². The predicted octanol–water partition coefficient (Wildman–Crippen LogP) is 1.46. The normalized spacial score (nSPS) is 10.6. The Morgan fingerprint density at radius 2 is 1.69 bits per heavy atom. The van der Waals surface area contributed by atoms with Crippen LogP contribution in [-0.2, 0) is 7.05 Å². The number of benzene rings is 2. The molecule has 132 valence electrons. The van der Waals surface area contributed by atoms with Crippen LogP contribution in [0.1, 0.15) is 10.5 Å². The Kier molecular flexibility index (Phi) is 4.44. The van der Waals surface area contributed by atoms with Gasteiger partial charge >= 0.3 is 5.69 Å². The van der Waals surface area contributed by atoms with Crippen molar-refractivity contribution >= 4 is 11.6 Å². The number of aromatic nitrogens is 3. The lowest BCUT2D eigenvalue weighted by molar-refractivity contribution is 0.101. The summed E-state index contributed by atoms with van der Waals surface area (Å²) in [5.74, 6) is -2.19. The third-order valence-electron chi connectivity index (χ3n) is 3.58. The van der Waals surface area contributed by atoms with Crippen LogP contribution >= 0.6 is 0 Å². The van der Waals surface area contributed by atoms with E-state index in [2.05, 4.69) is 10.4 Å². The molecule has 3 aromatic rings. The molecule has 0 aliphatic heterocycles. The average Bonchev–Trinajstić information content (AvgIpc) is 2.63. The van der Waals surface area contributed by atoms with Crippen LogP contribution in [0.3, 0.4) is 0 Å². The van der Waals surface area contributed by atoms with E-state index in [-0.39, 0.29) is 11.4 Å². The number of halogens is 2. The Balaban J connectivity index is 2.09. The standard InChI is InChI=1S/C17H12F2N4O3/c1-22-16(25)14(15(24)20-13-5-3-2-4-12(13)19)21-23(17(22)26)11-8-6-10(18)7-9-11/h2-9H,1H3,(H,20,24). The maximum absolute atomic E-state index is 13.7. The number of anilines is 1. The minimum atomic E-state index is -0.980. The van der Waals surface area contributed by atoms with E-state index in [1.165, 1.54) is 37.4 Å². The van der Waals surface area contributed by atoms with Crippen LogP contribution in [0.15, 0.2) is 58.1 Å². The number of amides is 1. The van der Waals surface area contributed by atoms with E-state index >= 15 is 0 Å². The number of carbonyl (C=O) groups is 1. The molecule has 1 amide bonds. The van der Waals surface area contributed by atoms with Crippen LogP contribution in [0.25, 0.3) is 5.69 Å². The maximum Gasteiger partial charge on any atom is 0.351 e. The van der Waals surface area contributed by atoms with Gasteiger partial charge in [-0.25, -0.2) is 13.6 Å². The summed E-state index contributed by atoms with van der Waals surface area (Å²) in [4.78, 5) is 36.8. The summed E-state index contributed by atoms with van der Waals surface area (Å²) in [6.07, 6.45) is 0. The Morgan fingerprint density at radius 1 is 1.04 bits per heavy atom. The molecule has 2 aromatic carbocycles. The van der Waals surface area contributed by atoms with Crippen LogP contribution in [-0.4, -0.2) is 20.3 Å². The summed E-state index contributed by atoms with van der Waals surface area (Å²) >= 11 is 0. The molecule has 0 bridgehead atoms. The second kappa shape index (κ2) is 6.71. The first-order chi connectivity index (χ1) is 12.4. The second-order valence-electron chi connectivity index (χ2n) is 5.32. The van der Waals surface area contributed by atoms with Crippen LogP contribution in [0, 0.1) is 11.6 Å². The summed E-state index contributed by atoms with van der Waals surface area (Å²) in [6.45, 7) is 0. The summed E-state index contributed by atoms with van der Waals surface area (Å²) in [5.41, 5.74) is -2.35.